The molecular formula is C30H45O7PS. The summed E-state index contributed by atoms with van der Waals surface area (Å²) in [6.45, 7) is 8.28. The van der Waals surface area contributed by atoms with Crippen LogP contribution in [0.2, 0.25) is 0 Å². The molecule has 1 aliphatic heterocycles. The van der Waals surface area contributed by atoms with Gasteiger partial charge in [-0.2, -0.15) is 0 Å². The fourth-order valence-electron chi connectivity index (χ4n) is 4.16. The normalized spacial score (nSPS) is 23.9. The van der Waals surface area contributed by atoms with Crippen LogP contribution in [0.4, 0.5) is 0 Å². The molecule has 1 aliphatic rings. The van der Waals surface area contributed by atoms with E-state index in [0.29, 0.717) is 25.6 Å². The van der Waals surface area contributed by atoms with Gasteiger partial charge in [0, 0.05) is 24.7 Å². The molecule has 1 heterocycles. The topological polar surface area (TPSA) is 72.5 Å². The van der Waals surface area contributed by atoms with Crippen LogP contribution in [0.15, 0.2) is 65.6 Å². The maximum Gasteiger partial charge on any atom is 0.367 e. The van der Waals surface area contributed by atoms with Crippen LogP contribution in [-0.2, 0) is 28.0 Å². The molecule has 0 amide bonds. The Morgan fingerprint density at radius 2 is 1.28 bits per heavy atom. The van der Waals surface area contributed by atoms with Crippen LogP contribution >= 0.6 is 20.0 Å². The lowest BCUT2D eigenvalue weighted by atomic mass is 9.99. The van der Waals surface area contributed by atoms with Crippen LogP contribution in [-0.4, -0.2) is 56.3 Å². The Morgan fingerprint density at radius 1 is 0.744 bits per heavy atom. The van der Waals surface area contributed by atoms with Gasteiger partial charge in [0.25, 0.3) is 0 Å². The van der Waals surface area contributed by atoms with Crippen LogP contribution in [0.1, 0.15) is 59.3 Å². The zero-order chi connectivity index (χ0) is 27.7. The van der Waals surface area contributed by atoms with Crippen molar-refractivity contribution >= 4 is 20.0 Å². The molecule has 3 rings (SSSR count). The van der Waals surface area contributed by atoms with E-state index in [4.69, 9.17) is 28.0 Å². The zero-order valence-corrected chi connectivity index (χ0v) is 25.3. The fraction of sp³-hybridized carbons (Fsp3) is 0.600. The summed E-state index contributed by atoms with van der Waals surface area (Å²) in [4.78, 5) is 1.07. The number of hydrogen-bond acceptors (Lipinski definition) is 8. The van der Waals surface area contributed by atoms with Crippen molar-refractivity contribution in [2.75, 3.05) is 26.4 Å². The quantitative estimate of drug-likeness (QED) is 0.125. The van der Waals surface area contributed by atoms with Gasteiger partial charge in [0.05, 0.1) is 6.61 Å². The minimum absolute atomic E-state index is 0.0581. The number of unbranched alkanes of at least 4 members (excludes halogenated alkanes) is 3. The molecule has 0 aliphatic carbocycles. The van der Waals surface area contributed by atoms with Crippen molar-refractivity contribution in [3.63, 3.8) is 0 Å². The van der Waals surface area contributed by atoms with Gasteiger partial charge in [-0.15, -0.1) is 0 Å². The van der Waals surface area contributed by atoms with E-state index in [0.717, 1.165) is 43.4 Å². The second-order valence-corrected chi connectivity index (χ2v) is 11.7. The molecule has 7 nitrogen and oxygen atoms in total. The van der Waals surface area contributed by atoms with Gasteiger partial charge >= 0.3 is 8.25 Å². The summed E-state index contributed by atoms with van der Waals surface area (Å²) in [5, 5.41) is 0. The zero-order valence-electron chi connectivity index (χ0n) is 23.5. The summed E-state index contributed by atoms with van der Waals surface area (Å²) in [6, 6.07) is 19.2. The lowest BCUT2D eigenvalue weighted by Gasteiger charge is -2.46. The molecule has 0 saturated carbocycles. The average Bonchev–Trinajstić information content (AvgIpc) is 2.95. The molecule has 0 spiro atoms. The Bertz CT molecular complexity index is 920. The Morgan fingerprint density at radius 3 is 1.87 bits per heavy atom. The maximum atomic E-state index is 12.7. The fourth-order valence-corrected chi connectivity index (χ4v) is 6.00. The molecule has 3 unspecified atom stereocenters. The van der Waals surface area contributed by atoms with E-state index < -0.39 is 20.5 Å². The first-order valence-corrected chi connectivity index (χ1v) is 16.4. The largest absolute Gasteiger partial charge is 0.426 e. The highest BCUT2D eigenvalue weighted by atomic mass is 32.2. The Labute approximate surface area is 239 Å². The molecule has 2 aromatic rings. The predicted octanol–water partition coefficient (Wildman–Crippen LogP) is 7.54. The van der Waals surface area contributed by atoms with E-state index in [-0.39, 0.29) is 24.3 Å². The molecule has 39 heavy (non-hydrogen) atoms. The van der Waals surface area contributed by atoms with E-state index >= 15 is 0 Å². The number of ether oxygens (including phenoxy) is 4. The molecule has 0 N–H and O–H groups in total. The molecule has 1 saturated heterocycles. The van der Waals surface area contributed by atoms with Crippen LogP contribution in [0, 0.1) is 0 Å². The smallest absolute Gasteiger partial charge is 0.367 e. The van der Waals surface area contributed by atoms with E-state index in [1.807, 2.05) is 36.4 Å². The summed E-state index contributed by atoms with van der Waals surface area (Å²) < 4.78 is 50.0. The highest BCUT2D eigenvalue weighted by molar-refractivity contribution is 7.99. The van der Waals surface area contributed by atoms with Gasteiger partial charge in [0.1, 0.15) is 35.6 Å². The summed E-state index contributed by atoms with van der Waals surface area (Å²) in [5.41, 5.74) is -0.354. The van der Waals surface area contributed by atoms with Crippen molar-refractivity contribution in [2.45, 2.75) is 94.0 Å². The predicted molar refractivity (Wildman–Crippen MR) is 157 cm³/mol. The summed E-state index contributed by atoms with van der Waals surface area (Å²) >= 11 is 1.61. The van der Waals surface area contributed by atoms with Crippen molar-refractivity contribution in [1.82, 2.24) is 0 Å². The Kier molecular flexibility index (Phi) is 15.6. The number of para-hydroxylation sites is 1. The van der Waals surface area contributed by atoms with Crippen molar-refractivity contribution in [1.29, 1.82) is 0 Å². The Balaban J connectivity index is 1.82. The van der Waals surface area contributed by atoms with E-state index in [1.54, 1.807) is 23.9 Å². The van der Waals surface area contributed by atoms with Crippen molar-refractivity contribution < 1.29 is 32.6 Å². The van der Waals surface area contributed by atoms with Crippen LogP contribution < -0.4 is 4.52 Å². The minimum Gasteiger partial charge on any atom is -0.426 e. The molecule has 6 atom stereocenters. The first-order chi connectivity index (χ1) is 19.2. The summed E-state index contributed by atoms with van der Waals surface area (Å²) in [5.74, 6) is 0.504. The van der Waals surface area contributed by atoms with Crippen LogP contribution in [0.5, 0.6) is 5.75 Å². The van der Waals surface area contributed by atoms with Gasteiger partial charge in [-0.1, -0.05) is 88.2 Å². The maximum absolute atomic E-state index is 12.7. The molecule has 0 bridgehead atoms. The van der Waals surface area contributed by atoms with Gasteiger partial charge in [-0.05, 0) is 43.5 Å². The average molecular weight is 581 g/mol. The van der Waals surface area contributed by atoms with E-state index in [9.17, 15) is 4.57 Å². The van der Waals surface area contributed by atoms with Gasteiger partial charge in [-0.25, -0.2) is 4.57 Å². The third-order valence-corrected chi connectivity index (χ3v) is 8.28. The standard InChI is InChI=1S/C30H45O7PS/c1-4-7-20-32-27-26(23-35-38(31)37-24-16-12-10-13-17-24)36-30(39-25-18-14-11-15-19-25)29(34-22-9-6-3)28(27)33-21-8-5-2/h10-19,26-30,38H,4-9,20-23H2,1-3H3/t26?,27-,28+,29?,30-/m1/s1. The molecule has 0 aromatic heterocycles. The van der Waals surface area contributed by atoms with Crippen molar-refractivity contribution in [3.8, 4) is 5.75 Å². The monoisotopic (exact) mass is 580 g/mol. The highest BCUT2D eigenvalue weighted by Gasteiger charge is 2.48. The van der Waals surface area contributed by atoms with Crippen molar-refractivity contribution in [3.05, 3.63) is 60.7 Å². The SMILES string of the molecule is CCCCOC1[C@@H](Sc2ccccc2)OC(CO[PH](=O)Oc2ccccc2)[C@@H](OCCCC)[C@@H]1OCCCC. The molecule has 0 radical (unpaired) electrons. The summed E-state index contributed by atoms with van der Waals surface area (Å²) in [6.07, 6.45) is 4.26. The third kappa shape index (κ3) is 11.2. The number of rotatable bonds is 19. The number of hydrogen-bond donors (Lipinski definition) is 0. The lowest BCUT2D eigenvalue weighted by molar-refractivity contribution is -0.243. The van der Waals surface area contributed by atoms with E-state index in [2.05, 4.69) is 32.9 Å². The summed E-state index contributed by atoms with van der Waals surface area (Å²) in [7, 11) is -2.80. The minimum atomic E-state index is -2.80. The second-order valence-electron chi connectivity index (χ2n) is 9.52. The molecule has 1 fully saturated rings. The van der Waals surface area contributed by atoms with Gasteiger partial charge < -0.3 is 23.5 Å². The van der Waals surface area contributed by atoms with Gasteiger partial charge in [-0.3, -0.25) is 4.52 Å². The molecule has 9 heteroatoms. The number of thioether (sulfide) groups is 1. The van der Waals surface area contributed by atoms with E-state index in [1.165, 1.54) is 0 Å². The van der Waals surface area contributed by atoms with Gasteiger partial charge in [0.15, 0.2) is 0 Å². The first-order valence-electron chi connectivity index (χ1n) is 14.3. The Hall–Kier alpha value is -1.38. The molecular weight excluding hydrogens is 535 g/mol. The van der Waals surface area contributed by atoms with Crippen LogP contribution in [0.25, 0.3) is 0 Å². The first kappa shape index (κ1) is 32.1. The van der Waals surface area contributed by atoms with Crippen molar-refractivity contribution in [2.24, 2.45) is 0 Å². The molecule has 2 aromatic carbocycles. The highest BCUT2D eigenvalue weighted by Crippen LogP contribution is 2.38. The molecule has 218 valence electrons. The number of benzene rings is 2. The van der Waals surface area contributed by atoms with Crippen LogP contribution in [0.3, 0.4) is 0 Å². The second kappa shape index (κ2) is 18.9. The third-order valence-electron chi connectivity index (χ3n) is 6.32. The van der Waals surface area contributed by atoms with Gasteiger partial charge in [0.2, 0.25) is 0 Å². The lowest BCUT2D eigenvalue weighted by Crippen LogP contribution is -2.60.